The van der Waals surface area contributed by atoms with E-state index in [1.165, 1.54) is 38.5 Å². The van der Waals surface area contributed by atoms with E-state index in [0.29, 0.717) is 0 Å². The van der Waals surface area contributed by atoms with Crippen molar-refractivity contribution in [2.45, 2.75) is 60.9 Å². The van der Waals surface area contributed by atoms with Crippen molar-refractivity contribution in [3.05, 3.63) is 47.2 Å². The highest BCUT2D eigenvalue weighted by Gasteiger charge is 2.78. The molecule has 15 nitrogen and oxygen atoms in total. The summed E-state index contributed by atoms with van der Waals surface area (Å²) in [4.78, 5) is 25.9. The van der Waals surface area contributed by atoms with Gasteiger partial charge in [-0.2, -0.15) is 0 Å². The Balaban J connectivity index is 1.37. The number of hydrogen-bond acceptors (Lipinski definition) is 15. The minimum atomic E-state index is -1.76. The van der Waals surface area contributed by atoms with Crippen LogP contribution in [0.3, 0.4) is 0 Å². The van der Waals surface area contributed by atoms with Crippen LogP contribution in [0.5, 0.6) is 11.5 Å². The smallest absolute Gasteiger partial charge is 0.337 e. The Hall–Kier alpha value is -3.28. The molecule has 6 rings (SSSR count). The molecule has 1 aliphatic carbocycles. The molecule has 3 fully saturated rings. The van der Waals surface area contributed by atoms with Gasteiger partial charge in [-0.1, -0.05) is 6.07 Å². The molecule has 0 amide bonds. The van der Waals surface area contributed by atoms with E-state index < -0.39 is 91.3 Å². The summed E-state index contributed by atoms with van der Waals surface area (Å²) in [6, 6.07) is 4.06. The van der Waals surface area contributed by atoms with Crippen LogP contribution >= 0.6 is 0 Å². The van der Waals surface area contributed by atoms with Crippen molar-refractivity contribution in [2.75, 3.05) is 20.8 Å². The van der Waals surface area contributed by atoms with Crippen LogP contribution in [0.25, 0.3) is 0 Å². The number of carbonyl (C=O) groups is 2. The number of rotatable bonds is 7. The lowest BCUT2D eigenvalue weighted by Crippen LogP contribution is -2.61. The molecule has 0 aromatic heterocycles. The molecule has 228 valence electrons. The Bertz CT molecular complexity index is 1320. The van der Waals surface area contributed by atoms with Crippen molar-refractivity contribution in [1.29, 1.82) is 0 Å². The maximum Gasteiger partial charge on any atom is 0.337 e. The third-order valence-electron chi connectivity index (χ3n) is 8.45. The van der Waals surface area contributed by atoms with Gasteiger partial charge in [0.2, 0.25) is 6.29 Å². The van der Waals surface area contributed by atoms with Crippen LogP contribution in [-0.4, -0.2) is 118 Å². The maximum atomic E-state index is 13.3. The summed E-state index contributed by atoms with van der Waals surface area (Å²) in [5.41, 5.74) is -1.48. The number of ether oxygens (including phenoxy) is 7. The van der Waals surface area contributed by atoms with Crippen molar-refractivity contribution in [1.82, 2.24) is 0 Å². The molecule has 12 atom stereocenters. The van der Waals surface area contributed by atoms with E-state index in [2.05, 4.69) is 0 Å². The third-order valence-corrected chi connectivity index (χ3v) is 8.45. The Labute approximate surface area is 238 Å². The predicted octanol–water partition coefficient (Wildman–Crippen LogP) is -2.10. The summed E-state index contributed by atoms with van der Waals surface area (Å²) in [5.74, 6) is -3.51. The van der Waals surface area contributed by atoms with Crippen LogP contribution in [0.15, 0.2) is 41.7 Å². The predicted molar refractivity (Wildman–Crippen MR) is 132 cm³/mol. The van der Waals surface area contributed by atoms with Gasteiger partial charge in [0.15, 0.2) is 23.4 Å². The molecule has 1 unspecified atom stereocenters. The number of aliphatic hydroxyl groups is 5. The van der Waals surface area contributed by atoms with Crippen LogP contribution in [0.4, 0.5) is 0 Å². The van der Waals surface area contributed by atoms with Crippen molar-refractivity contribution < 1.29 is 73.4 Å². The summed E-state index contributed by atoms with van der Waals surface area (Å²) in [7, 11) is 2.51. The number of aromatic hydroxyl groups is 1. The van der Waals surface area contributed by atoms with E-state index in [-0.39, 0.29) is 28.2 Å². The number of epoxide rings is 1. The summed E-state index contributed by atoms with van der Waals surface area (Å²) in [6.07, 6.45) is -9.79. The molecule has 6 N–H and O–H groups in total. The molecule has 4 heterocycles. The monoisotopic (exact) mass is 594 g/mol. The van der Waals surface area contributed by atoms with Gasteiger partial charge in [-0.15, -0.1) is 0 Å². The lowest BCUT2D eigenvalue weighted by atomic mass is 9.78. The van der Waals surface area contributed by atoms with Gasteiger partial charge in [0.1, 0.15) is 36.6 Å². The number of fused-ring (bicyclic) bond motifs is 5. The Morgan fingerprint density at radius 1 is 1.10 bits per heavy atom. The number of benzene rings is 1. The average molecular weight is 595 g/mol. The molecule has 15 heteroatoms. The lowest BCUT2D eigenvalue weighted by molar-refractivity contribution is -0.347. The first-order chi connectivity index (χ1) is 20.1. The van der Waals surface area contributed by atoms with Gasteiger partial charge >= 0.3 is 11.9 Å². The highest BCUT2D eigenvalue weighted by molar-refractivity contribution is 5.94. The van der Waals surface area contributed by atoms with Crippen LogP contribution in [0, 0.1) is 11.8 Å². The highest BCUT2D eigenvalue weighted by atomic mass is 16.8. The van der Waals surface area contributed by atoms with Gasteiger partial charge < -0.3 is 63.8 Å². The third kappa shape index (κ3) is 4.27. The molecule has 2 saturated heterocycles. The van der Waals surface area contributed by atoms with Crippen LogP contribution in [-0.2, 0) is 38.0 Å². The summed E-state index contributed by atoms with van der Waals surface area (Å²) < 4.78 is 38.9. The van der Waals surface area contributed by atoms with E-state index >= 15 is 0 Å². The first-order valence-electron chi connectivity index (χ1n) is 13.1. The molecule has 1 aromatic rings. The quantitative estimate of drug-likeness (QED) is 0.147. The normalized spacial score (nSPS) is 40.7. The van der Waals surface area contributed by atoms with E-state index in [9.17, 15) is 40.2 Å². The number of phenols is 1. The Kier molecular flexibility index (Phi) is 7.18. The van der Waals surface area contributed by atoms with E-state index in [1.807, 2.05) is 0 Å². The van der Waals surface area contributed by atoms with Gasteiger partial charge in [0.25, 0.3) is 0 Å². The zero-order valence-corrected chi connectivity index (χ0v) is 22.3. The topological polar surface area (TPSA) is 223 Å². The fourth-order valence-electron chi connectivity index (χ4n) is 6.31. The number of hydrogen-bond donors (Lipinski definition) is 6. The molecule has 4 aliphatic heterocycles. The molecule has 1 spiro atoms. The summed E-state index contributed by atoms with van der Waals surface area (Å²) in [5, 5.41) is 61.6. The van der Waals surface area contributed by atoms with Crippen LogP contribution in [0.1, 0.15) is 11.7 Å². The zero-order valence-electron chi connectivity index (χ0n) is 22.3. The SMILES string of the molecule is COC(=O)C1=CO[C@@H](O[C@@H]2O[C@H](CO)[C@@H](O)[C@H](O)[C@H]2O)[C@H]2[C@@H]1[C@@H]1O[C@@H]1[C@@]21C=C(C(O)c2ccc(O)c(OC)c2)C(=O)O1. The first-order valence-corrected chi connectivity index (χ1v) is 13.1. The minimum Gasteiger partial charge on any atom is -0.504 e. The van der Waals surface area contributed by atoms with Crippen molar-refractivity contribution >= 4 is 11.9 Å². The number of methoxy groups -OCH3 is 2. The standard InChI is InChI=1S/C27H30O15/c1-36-13-5-9(3-4-12(13)29)17(30)10-6-27(42-24(10)35)16-15(21-22(27)40-21)11(23(34)37-2)8-38-25(16)41-26-20(33)19(32)18(31)14(7-28)39-26/h3-6,8,14-22,25-26,28-33H,7H2,1-2H3/t14-,15-,16-,17?,18-,19+,20-,21+,22+,25+,26+,27-/m1/s1. The second-order valence-corrected chi connectivity index (χ2v) is 10.7. The highest BCUT2D eigenvalue weighted by Crippen LogP contribution is 2.63. The van der Waals surface area contributed by atoms with Crippen molar-refractivity contribution in [3.63, 3.8) is 0 Å². The molecule has 1 saturated carbocycles. The van der Waals surface area contributed by atoms with Crippen molar-refractivity contribution in [3.8, 4) is 11.5 Å². The van der Waals surface area contributed by atoms with E-state index in [0.717, 1.165) is 6.26 Å². The molecular formula is C27H30O15. The lowest BCUT2D eigenvalue weighted by Gasteiger charge is -2.45. The average Bonchev–Trinajstić information content (AvgIpc) is 3.66. The largest absolute Gasteiger partial charge is 0.504 e. The maximum absolute atomic E-state index is 13.3. The number of phenolic OH excluding ortho intramolecular Hbond substituents is 1. The van der Waals surface area contributed by atoms with Gasteiger partial charge in [0, 0.05) is 5.92 Å². The Morgan fingerprint density at radius 2 is 1.86 bits per heavy atom. The minimum absolute atomic E-state index is 0.0706. The first kappa shape index (κ1) is 28.8. The number of esters is 2. The second kappa shape index (κ2) is 10.5. The molecule has 1 aromatic carbocycles. The molecule has 5 aliphatic rings. The van der Waals surface area contributed by atoms with E-state index in [4.69, 9.17) is 33.2 Å². The second-order valence-electron chi connectivity index (χ2n) is 10.7. The molecule has 42 heavy (non-hydrogen) atoms. The molecule has 0 radical (unpaired) electrons. The fourth-order valence-corrected chi connectivity index (χ4v) is 6.31. The van der Waals surface area contributed by atoms with Crippen LogP contribution in [0.2, 0.25) is 0 Å². The zero-order chi connectivity index (χ0) is 30.1. The van der Waals surface area contributed by atoms with Gasteiger partial charge in [-0.05, 0) is 23.8 Å². The van der Waals surface area contributed by atoms with Crippen LogP contribution < -0.4 is 4.74 Å². The Morgan fingerprint density at radius 3 is 2.55 bits per heavy atom. The van der Waals surface area contributed by atoms with Gasteiger partial charge in [-0.25, -0.2) is 9.59 Å². The van der Waals surface area contributed by atoms with E-state index in [1.54, 1.807) is 0 Å². The summed E-state index contributed by atoms with van der Waals surface area (Å²) >= 11 is 0. The van der Waals surface area contributed by atoms with Crippen molar-refractivity contribution in [2.24, 2.45) is 11.8 Å². The number of carbonyl (C=O) groups excluding carboxylic acids is 2. The molecular weight excluding hydrogens is 564 g/mol. The van der Waals surface area contributed by atoms with Gasteiger partial charge in [-0.3, -0.25) is 0 Å². The number of aliphatic hydroxyl groups excluding tert-OH is 5. The van der Waals surface area contributed by atoms with Gasteiger partial charge in [0.05, 0.1) is 50.3 Å². The molecule has 0 bridgehead atoms. The summed E-state index contributed by atoms with van der Waals surface area (Å²) in [6.45, 7) is -0.694. The fraction of sp³-hybridized carbons (Fsp3) is 0.556.